The fourth-order valence-corrected chi connectivity index (χ4v) is 4.76. The highest BCUT2D eigenvalue weighted by Crippen LogP contribution is 2.46. The number of nitrogens with two attached hydrogens (primary N) is 1. The predicted molar refractivity (Wildman–Crippen MR) is 118 cm³/mol. The zero-order valence-electron chi connectivity index (χ0n) is 18.5. The maximum Gasteiger partial charge on any atom is 0.355 e. The number of ether oxygens (including phenoxy) is 3. The molecule has 1 saturated heterocycles. The van der Waals surface area contributed by atoms with Gasteiger partial charge in [-0.3, -0.25) is 24.6 Å². The van der Waals surface area contributed by atoms with E-state index in [0.717, 1.165) is 16.7 Å². The number of rotatable bonds is 9. The van der Waals surface area contributed by atoms with Gasteiger partial charge in [0.2, 0.25) is 5.54 Å². The van der Waals surface area contributed by atoms with Crippen LogP contribution in [0.5, 0.6) is 0 Å². The third-order valence-electron chi connectivity index (χ3n) is 5.12. The SMILES string of the molecule is CCCOC(=O)[C@]1(N)C(=O)N2C(C(=O)OCc3ccc([N+](=O)[O-])cc3)=C(COC(C)=O)CS[C@@H]21. The second kappa shape index (κ2) is 10.2. The molecular weight excluding hydrogens is 470 g/mol. The van der Waals surface area contributed by atoms with Crippen LogP contribution in [-0.2, 0) is 40.0 Å². The lowest BCUT2D eigenvalue weighted by Crippen LogP contribution is -2.81. The number of nitro groups is 1. The molecule has 3 rings (SSSR count). The van der Waals surface area contributed by atoms with Gasteiger partial charge in [0, 0.05) is 30.4 Å². The number of nitro benzene ring substituents is 1. The summed E-state index contributed by atoms with van der Waals surface area (Å²) in [4.78, 5) is 61.0. The molecule has 0 bridgehead atoms. The number of thioether (sulfide) groups is 1. The Balaban J connectivity index is 1.82. The highest BCUT2D eigenvalue weighted by Gasteiger charge is 2.68. The van der Waals surface area contributed by atoms with E-state index in [1.54, 1.807) is 6.92 Å². The van der Waals surface area contributed by atoms with Crippen LogP contribution in [0.15, 0.2) is 35.5 Å². The molecule has 0 saturated carbocycles. The molecule has 0 radical (unpaired) electrons. The summed E-state index contributed by atoms with van der Waals surface area (Å²) in [6, 6.07) is 5.40. The quantitative estimate of drug-likeness (QED) is 0.130. The number of carbonyl (C=O) groups is 4. The van der Waals surface area contributed by atoms with Gasteiger partial charge in [0.05, 0.1) is 11.5 Å². The molecule has 34 heavy (non-hydrogen) atoms. The summed E-state index contributed by atoms with van der Waals surface area (Å²) in [6.45, 7) is 2.62. The topological polar surface area (TPSA) is 168 Å². The molecule has 2 atom stereocenters. The molecule has 2 aliphatic rings. The van der Waals surface area contributed by atoms with Gasteiger partial charge in [0.15, 0.2) is 0 Å². The van der Waals surface area contributed by atoms with E-state index in [2.05, 4.69) is 0 Å². The molecule has 0 spiro atoms. The summed E-state index contributed by atoms with van der Waals surface area (Å²) < 4.78 is 15.4. The Morgan fingerprint density at radius 1 is 1.21 bits per heavy atom. The molecule has 1 aromatic rings. The van der Waals surface area contributed by atoms with Crippen LogP contribution in [0.25, 0.3) is 0 Å². The van der Waals surface area contributed by atoms with E-state index < -0.39 is 39.7 Å². The zero-order valence-corrected chi connectivity index (χ0v) is 19.3. The molecule has 1 aromatic carbocycles. The number of nitrogens with zero attached hydrogens (tertiary/aromatic N) is 2. The Morgan fingerprint density at radius 2 is 1.88 bits per heavy atom. The summed E-state index contributed by atoms with van der Waals surface area (Å²) in [7, 11) is 0. The largest absolute Gasteiger partial charge is 0.464 e. The van der Waals surface area contributed by atoms with E-state index in [9.17, 15) is 29.3 Å². The predicted octanol–water partition coefficient (Wildman–Crippen LogP) is 1.02. The van der Waals surface area contributed by atoms with Crippen molar-refractivity contribution in [3.05, 3.63) is 51.2 Å². The molecule has 0 aliphatic carbocycles. The number of esters is 3. The van der Waals surface area contributed by atoms with Crippen LogP contribution in [0.3, 0.4) is 0 Å². The molecule has 12 nitrogen and oxygen atoms in total. The second-order valence-corrected chi connectivity index (χ2v) is 8.64. The van der Waals surface area contributed by atoms with Gasteiger partial charge < -0.3 is 19.9 Å². The van der Waals surface area contributed by atoms with Gasteiger partial charge >= 0.3 is 17.9 Å². The van der Waals surface area contributed by atoms with E-state index in [0.29, 0.717) is 17.6 Å². The van der Waals surface area contributed by atoms with Gasteiger partial charge in [-0.2, -0.15) is 0 Å². The fourth-order valence-electron chi connectivity index (χ4n) is 3.37. The Labute approximate surface area is 198 Å². The summed E-state index contributed by atoms with van der Waals surface area (Å²) in [5.41, 5.74) is 4.70. The Hall–Kier alpha value is -3.45. The Kier molecular flexibility index (Phi) is 7.57. The lowest BCUT2D eigenvalue weighted by Gasteiger charge is -2.53. The first-order chi connectivity index (χ1) is 16.1. The van der Waals surface area contributed by atoms with Crippen LogP contribution in [0.1, 0.15) is 25.8 Å². The molecular formula is C21H23N3O9S. The average molecular weight is 493 g/mol. The molecule has 182 valence electrons. The van der Waals surface area contributed by atoms with E-state index in [4.69, 9.17) is 19.9 Å². The van der Waals surface area contributed by atoms with E-state index in [1.165, 1.54) is 31.2 Å². The first-order valence-corrected chi connectivity index (χ1v) is 11.3. The number of β-lactam (4-membered cyclic amide) rings is 1. The van der Waals surface area contributed by atoms with Crippen LogP contribution < -0.4 is 5.73 Å². The number of non-ortho nitro benzene ring substituents is 1. The first-order valence-electron chi connectivity index (χ1n) is 10.3. The molecule has 2 heterocycles. The molecule has 0 aromatic heterocycles. The minimum Gasteiger partial charge on any atom is -0.464 e. The van der Waals surface area contributed by atoms with E-state index in [-0.39, 0.29) is 37.0 Å². The smallest absolute Gasteiger partial charge is 0.355 e. The van der Waals surface area contributed by atoms with E-state index >= 15 is 0 Å². The van der Waals surface area contributed by atoms with Crippen molar-refractivity contribution in [3.63, 3.8) is 0 Å². The third kappa shape index (κ3) is 4.75. The van der Waals surface area contributed by atoms with Crippen molar-refractivity contribution in [2.45, 2.75) is 37.8 Å². The van der Waals surface area contributed by atoms with Crippen LogP contribution in [0, 0.1) is 10.1 Å². The number of fused-ring (bicyclic) bond motifs is 1. The molecule has 0 unspecified atom stereocenters. The normalized spacial score (nSPS) is 21.3. The van der Waals surface area contributed by atoms with Crippen LogP contribution >= 0.6 is 11.8 Å². The number of amides is 1. The van der Waals surface area contributed by atoms with Crippen LogP contribution in [0.4, 0.5) is 5.69 Å². The fraction of sp³-hybridized carbons (Fsp3) is 0.429. The minimum absolute atomic E-state index is 0.0973. The van der Waals surface area contributed by atoms with E-state index in [1.807, 2.05) is 0 Å². The molecule has 13 heteroatoms. The Morgan fingerprint density at radius 3 is 2.47 bits per heavy atom. The maximum absolute atomic E-state index is 13.0. The summed E-state index contributed by atoms with van der Waals surface area (Å²) in [6.07, 6.45) is 0.546. The second-order valence-electron chi connectivity index (χ2n) is 7.58. The summed E-state index contributed by atoms with van der Waals surface area (Å²) in [5, 5.41) is 9.89. The minimum atomic E-state index is -1.95. The molecule has 2 aliphatic heterocycles. The van der Waals surface area contributed by atoms with Crippen molar-refractivity contribution in [2.75, 3.05) is 19.0 Å². The van der Waals surface area contributed by atoms with Crippen LogP contribution in [0.2, 0.25) is 0 Å². The zero-order chi connectivity index (χ0) is 25.0. The monoisotopic (exact) mass is 493 g/mol. The lowest BCUT2D eigenvalue weighted by molar-refractivity contribution is -0.384. The third-order valence-corrected chi connectivity index (χ3v) is 6.54. The van der Waals surface area contributed by atoms with Crippen molar-refractivity contribution in [1.29, 1.82) is 0 Å². The number of hydrogen-bond acceptors (Lipinski definition) is 11. The average Bonchev–Trinajstić information content (AvgIpc) is 2.83. The van der Waals surface area contributed by atoms with Gasteiger partial charge in [0.1, 0.15) is 24.3 Å². The Bertz CT molecular complexity index is 1060. The maximum atomic E-state index is 13.0. The van der Waals surface area contributed by atoms with Gasteiger partial charge in [-0.05, 0) is 24.1 Å². The molecule has 2 N–H and O–H groups in total. The van der Waals surface area contributed by atoms with Crippen molar-refractivity contribution in [2.24, 2.45) is 5.73 Å². The summed E-state index contributed by atoms with van der Waals surface area (Å²) >= 11 is 1.14. The van der Waals surface area contributed by atoms with Gasteiger partial charge in [-0.15, -0.1) is 11.8 Å². The molecule has 1 amide bonds. The van der Waals surface area contributed by atoms with Crippen molar-refractivity contribution in [3.8, 4) is 0 Å². The van der Waals surface area contributed by atoms with Gasteiger partial charge in [0.25, 0.3) is 11.6 Å². The van der Waals surface area contributed by atoms with Gasteiger partial charge in [-0.1, -0.05) is 6.92 Å². The van der Waals surface area contributed by atoms with Crippen molar-refractivity contribution in [1.82, 2.24) is 4.90 Å². The number of hydrogen-bond donors (Lipinski definition) is 1. The standard InChI is InChI=1S/C21H23N3O9S/c1-3-8-31-20(28)21(22)18(27)23-16(14(10-32-12(2)25)11-34-19(21)23)17(26)33-9-13-4-6-15(7-5-13)24(29)30/h4-7,19H,3,8-11,22H2,1-2H3/t19-,21+/m1/s1. The lowest BCUT2D eigenvalue weighted by atomic mass is 9.87. The van der Waals surface area contributed by atoms with Crippen molar-refractivity contribution < 1.29 is 38.3 Å². The summed E-state index contributed by atoms with van der Waals surface area (Å²) in [5.74, 6) is -3.01. The highest BCUT2D eigenvalue weighted by atomic mass is 32.2. The van der Waals surface area contributed by atoms with Gasteiger partial charge in [-0.25, -0.2) is 9.59 Å². The van der Waals surface area contributed by atoms with Crippen molar-refractivity contribution >= 4 is 41.3 Å². The van der Waals surface area contributed by atoms with Crippen LogP contribution in [-0.4, -0.2) is 63.5 Å². The highest BCUT2D eigenvalue weighted by molar-refractivity contribution is 8.00. The number of carbonyl (C=O) groups excluding carboxylic acids is 4. The molecule has 1 fully saturated rings. The first kappa shape index (κ1) is 25.2. The number of benzene rings is 1.